The number of benzene rings is 3. The molecule has 1 atom stereocenters. The van der Waals surface area contributed by atoms with Crippen molar-refractivity contribution in [2.45, 2.75) is 12.5 Å². The third-order valence-electron chi connectivity index (χ3n) is 4.63. The zero-order chi connectivity index (χ0) is 23.0. The lowest BCUT2D eigenvalue weighted by molar-refractivity contribution is -0.109. The van der Waals surface area contributed by atoms with E-state index in [0.29, 0.717) is 29.5 Å². The summed E-state index contributed by atoms with van der Waals surface area (Å²) in [6.45, 7) is 0. The van der Waals surface area contributed by atoms with E-state index in [2.05, 4.69) is 10.0 Å². The maximum Gasteiger partial charge on any atom is 0.252 e. The van der Waals surface area contributed by atoms with Crippen molar-refractivity contribution < 1.29 is 18.0 Å². The zero-order valence-corrected chi connectivity index (χ0v) is 18.4. The van der Waals surface area contributed by atoms with Crippen molar-refractivity contribution in [3.05, 3.63) is 101 Å². The molecule has 0 heterocycles. The summed E-state index contributed by atoms with van der Waals surface area (Å²) in [6.07, 6.45) is 5.72. The summed E-state index contributed by atoms with van der Waals surface area (Å²) < 4.78 is 25.7. The number of sulfonamides is 1. The first-order chi connectivity index (χ1) is 15.3. The van der Waals surface area contributed by atoms with Gasteiger partial charge < -0.3 is 10.1 Å². The summed E-state index contributed by atoms with van der Waals surface area (Å²) in [7, 11) is -3.47. The van der Waals surface area contributed by atoms with E-state index < -0.39 is 22.0 Å². The van der Waals surface area contributed by atoms with Crippen LogP contribution in [0.5, 0.6) is 0 Å². The van der Waals surface area contributed by atoms with E-state index in [9.17, 15) is 18.0 Å². The van der Waals surface area contributed by atoms with Crippen LogP contribution in [-0.4, -0.2) is 32.9 Å². The average Bonchev–Trinajstić information content (AvgIpc) is 2.77. The number of rotatable bonds is 9. The van der Waals surface area contributed by atoms with Crippen molar-refractivity contribution in [1.82, 2.24) is 5.32 Å². The molecule has 0 saturated heterocycles. The molecular formula is C25H24N2O4S. The Balaban J connectivity index is 1.88. The average molecular weight is 449 g/mol. The molecule has 0 aromatic heterocycles. The van der Waals surface area contributed by atoms with Crippen LogP contribution in [0.15, 0.2) is 78.9 Å². The topological polar surface area (TPSA) is 92.3 Å². The molecule has 0 aliphatic heterocycles. The van der Waals surface area contributed by atoms with Gasteiger partial charge in [-0.15, -0.1) is 0 Å². The van der Waals surface area contributed by atoms with Gasteiger partial charge in [0, 0.05) is 11.3 Å². The molecule has 0 radical (unpaired) electrons. The van der Waals surface area contributed by atoms with E-state index in [1.54, 1.807) is 12.1 Å². The second-order valence-corrected chi connectivity index (χ2v) is 9.07. The van der Waals surface area contributed by atoms with E-state index in [1.165, 1.54) is 12.1 Å². The molecule has 0 fully saturated rings. The number of aldehydes is 1. The van der Waals surface area contributed by atoms with Gasteiger partial charge in [-0.25, -0.2) is 8.42 Å². The molecule has 6 nitrogen and oxygen atoms in total. The van der Waals surface area contributed by atoms with E-state index in [1.807, 2.05) is 66.7 Å². The Morgan fingerprint density at radius 3 is 2.22 bits per heavy atom. The number of hydrogen-bond donors (Lipinski definition) is 2. The first-order valence-electron chi connectivity index (χ1n) is 9.99. The maximum absolute atomic E-state index is 13.0. The van der Waals surface area contributed by atoms with Gasteiger partial charge in [0.15, 0.2) is 0 Å². The summed E-state index contributed by atoms with van der Waals surface area (Å²) in [5, 5.41) is 2.76. The highest BCUT2D eigenvalue weighted by molar-refractivity contribution is 7.92. The Morgan fingerprint density at radius 2 is 1.59 bits per heavy atom. The van der Waals surface area contributed by atoms with Crippen molar-refractivity contribution in [1.29, 1.82) is 0 Å². The van der Waals surface area contributed by atoms with Crippen molar-refractivity contribution in [2.24, 2.45) is 0 Å². The molecule has 7 heteroatoms. The second kappa shape index (κ2) is 10.5. The molecule has 0 aliphatic carbocycles. The standard InChI is InChI=1S/C25H24N2O4S/c1-32(30,31)27-22-14-15-24(21(17-22)13-12-19-8-4-2-5-9-19)25(29)26-23(18-28)16-20-10-6-3-7-11-20/h2-15,17-18,23,27H,16H2,1H3,(H,26,29)/b13-12+/t23-/m0/s1. The first kappa shape index (κ1) is 23.0. The van der Waals surface area contributed by atoms with Crippen LogP contribution in [-0.2, 0) is 21.2 Å². The lowest BCUT2D eigenvalue weighted by atomic mass is 10.0. The fourth-order valence-electron chi connectivity index (χ4n) is 3.18. The largest absolute Gasteiger partial charge is 0.342 e. The summed E-state index contributed by atoms with van der Waals surface area (Å²) >= 11 is 0. The van der Waals surface area contributed by atoms with Crippen LogP contribution in [0.2, 0.25) is 0 Å². The lowest BCUT2D eigenvalue weighted by Gasteiger charge is -2.15. The summed E-state index contributed by atoms with van der Waals surface area (Å²) in [6, 6.07) is 22.9. The number of carbonyl (C=O) groups excluding carboxylic acids is 2. The highest BCUT2D eigenvalue weighted by atomic mass is 32.2. The highest BCUT2D eigenvalue weighted by Crippen LogP contribution is 2.20. The quantitative estimate of drug-likeness (QED) is 0.385. The van der Waals surface area contributed by atoms with Crippen molar-refractivity contribution in [3.63, 3.8) is 0 Å². The molecule has 3 aromatic carbocycles. The summed E-state index contributed by atoms with van der Waals surface area (Å²) in [5.74, 6) is -0.420. The fraction of sp³-hybridized carbons (Fsp3) is 0.120. The minimum absolute atomic E-state index is 0.330. The normalized spacial score (nSPS) is 12.3. The van der Waals surface area contributed by atoms with Gasteiger partial charge in [-0.05, 0) is 41.3 Å². The highest BCUT2D eigenvalue weighted by Gasteiger charge is 2.17. The second-order valence-electron chi connectivity index (χ2n) is 7.33. The summed E-state index contributed by atoms with van der Waals surface area (Å²) in [5.41, 5.74) is 3.05. The number of amides is 1. The minimum atomic E-state index is -3.47. The zero-order valence-electron chi connectivity index (χ0n) is 17.6. The Hall–Kier alpha value is -3.71. The van der Waals surface area contributed by atoms with Crippen molar-refractivity contribution in [3.8, 4) is 0 Å². The van der Waals surface area contributed by atoms with Gasteiger partial charge in [-0.1, -0.05) is 72.8 Å². The van der Waals surface area contributed by atoms with Crippen LogP contribution in [0.25, 0.3) is 12.2 Å². The molecule has 32 heavy (non-hydrogen) atoms. The number of hydrogen-bond acceptors (Lipinski definition) is 4. The van der Waals surface area contributed by atoms with Gasteiger partial charge in [0.25, 0.3) is 5.91 Å². The fourth-order valence-corrected chi connectivity index (χ4v) is 3.74. The number of anilines is 1. The predicted octanol–water partition coefficient (Wildman–Crippen LogP) is 3.77. The molecule has 0 spiro atoms. The molecule has 164 valence electrons. The maximum atomic E-state index is 13.0. The molecular weight excluding hydrogens is 424 g/mol. The van der Waals surface area contributed by atoms with E-state index in [-0.39, 0.29) is 0 Å². The minimum Gasteiger partial charge on any atom is -0.342 e. The number of carbonyl (C=O) groups is 2. The van der Waals surface area contributed by atoms with Crippen LogP contribution in [0.3, 0.4) is 0 Å². The Labute approximate surface area is 188 Å². The van der Waals surface area contributed by atoms with E-state index in [4.69, 9.17) is 0 Å². The molecule has 0 unspecified atom stereocenters. The SMILES string of the molecule is CS(=O)(=O)Nc1ccc(C(=O)N[C@H](C=O)Cc2ccccc2)c(/C=C/c2ccccc2)c1. The van der Waals surface area contributed by atoms with Crippen LogP contribution in [0.1, 0.15) is 27.0 Å². The third-order valence-corrected chi connectivity index (χ3v) is 5.24. The molecule has 1 amide bonds. The smallest absolute Gasteiger partial charge is 0.252 e. The molecule has 3 rings (SSSR count). The van der Waals surface area contributed by atoms with Crippen LogP contribution in [0, 0.1) is 0 Å². The monoisotopic (exact) mass is 448 g/mol. The van der Waals surface area contributed by atoms with Crippen LogP contribution >= 0.6 is 0 Å². The Kier molecular flexibility index (Phi) is 7.57. The van der Waals surface area contributed by atoms with Gasteiger partial charge in [0.05, 0.1) is 12.3 Å². The van der Waals surface area contributed by atoms with Gasteiger partial charge in [-0.2, -0.15) is 0 Å². The third kappa shape index (κ3) is 6.92. The van der Waals surface area contributed by atoms with Crippen LogP contribution in [0.4, 0.5) is 5.69 Å². The van der Waals surface area contributed by atoms with Gasteiger partial charge >= 0.3 is 0 Å². The van der Waals surface area contributed by atoms with E-state index in [0.717, 1.165) is 17.4 Å². The molecule has 0 aliphatic rings. The van der Waals surface area contributed by atoms with Gasteiger partial charge in [-0.3, -0.25) is 9.52 Å². The number of nitrogens with one attached hydrogen (secondary N) is 2. The molecule has 2 N–H and O–H groups in total. The Morgan fingerprint density at radius 1 is 0.938 bits per heavy atom. The van der Waals surface area contributed by atoms with Crippen molar-refractivity contribution >= 4 is 40.1 Å². The lowest BCUT2D eigenvalue weighted by Crippen LogP contribution is -2.37. The molecule has 3 aromatic rings. The van der Waals surface area contributed by atoms with E-state index >= 15 is 0 Å². The van der Waals surface area contributed by atoms with Crippen molar-refractivity contribution in [2.75, 3.05) is 11.0 Å². The first-order valence-corrected chi connectivity index (χ1v) is 11.9. The molecule has 0 saturated carbocycles. The summed E-state index contributed by atoms with van der Waals surface area (Å²) in [4.78, 5) is 24.6. The van der Waals surface area contributed by atoms with Gasteiger partial charge in [0.1, 0.15) is 6.29 Å². The van der Waals surface area contributed by atoms with Gasteiger partial charge in [0.2, 0.25) is 10.0 Å². The van der Waals surface area contributed by atoms with Crippen LogP contribution < -0.4 is 10.0 Å². The molecule has 0 bridgehead atoms. The Bertz CT molecular complexity index is 1210. The predicted molar refractivity (Wildman–Crippen MR) is 128 cm³/mol.